The first kappa shape index (κ1) is 20.9. The monoisotopic (exact) mass is 422 g/mol. The molecule has 3 heterocycles. The Morgan fingerprint density at radius 2 is 2.00 bits per heavy atom. The van der Waals surface area contributed by atoms with E-state index in [9.17, 15) is 9.59 Å². The third-order valence-corrected chi connectivity index (χ3v) is 5.59. The summed E-state index contributed by atoms with van der Waals surface area (Å²) in [6.45, 7) is 3.38. The van der Waals surface area contributed by atoms with Crippen molar-refractivity contribution >= 4 is 22.8 Å². The quantitative estimate of drug-likeness (QED) is 0.628. The third kappa shape index (κ3) is 4.72. The highest BCUT2D eigenvalue weighted by molar-refractivity contribution is 5.94. The van der Waals surface area contributed by atoms with E-state index in [1.54, 1.807) is 13.2 Å². The summed E-state index contributed by atoms with van der Waals surface area (Å²) in [5, 5.41) is 2.59. The van der Waals surface area contributed by atoms with Gasteiger partial charge in [0, 0.05) is 32.3 Å². The average Bonchev–Trinajstić information content (AvgIpc) is 3.21. The molecule has 1 aliphatic rings. The zero-order chi connectivity index (χ0) is 21.8. The predicted octanol–water partition coefficient (Wildman–Crippen LogP) is 1.94. The molecule has 0 aliphatic carbocycles. The van der Waals surface area contributed by atoms with E-state index in [2.05, 4.69) is 25.3 Å². The first-order chi connectivity index (χ1) is 15.0. The standard InChI is InChI=1S/C22H26N6O3/c1-14-16(22(30)23-2)11-24-21(25-14)15-7-9-28(10-8-15)20(29)13-31-12-19-26-17-5-3-4-6-18(17)27-19/h3-6,11,15H,7-10,12-13H2,1-2H3,(H,23,30)(H,26,27). The Balaban J connectivity index is 1.26. The van der Waals surface area contributed by atoms with Crippen LogP contribution in [0, 0.1) is 6.92 Å². The summed E-state index contributed by atoms with van der Waals surface area (Å²) in [5.41, 5.74) is 2.99. The maximum absolute atomic E-state index is 12.5. The molecule has 0 radical (unpaired) electrons. The number of hydrogen-bond acceptors (Lipinski definition) is 6. The maximum Gasteiger partial charge on any atom is 0.254 e. The molecule has 3 aromatic rings. The first-order valence-corrected chi connectivity index (χ1v) is 10.4. The zero-order valence-electron chi connectivity index (χ0n) is 17.7. The van der Waals surface area contributed by atoms with E-state index in [0.29, 0.717) is 30.2 Å². The molecule has 31 heavy (non-hydrogen) atoms. The lowest BCUT2D eigenvalue weighted by molar-refractivity contribution is -0.137. The van der Waals surface area contributed by atoms with Gasteiger partial charge in [0.25, 0.3) is 5.91 Å². The number of rotatable bonds is 6. The summed E-state index contributed by atoms with van der Waals surface area (Å²) in [5.74, 6) is 1.41. The van der Waals surface area contributed by atoms with Crippen LogP contribution in [-0.2, 0) is 16.1 Å². The van der Waals surface area contributed by atoms with Gasteiger partial charge >= 0.3 is 0 Å². The van der Waals surface area contributed by atoms with Gasteiger partial charge in [-0.25, -0.2) is 15.0 Å². The van der Waals surface area contributed by atoms with Gasteiger partial charge in [0.1, 0.15) is 24.9 Å². The average molecular weight is 422 g/mol. The Kier molecular flexibility index (Phi) is 6.22. The molecular formula is C22H26N6O3. The molecule has 162 valence electrons. The van der Waals surface area contributed by atoms with E-state index in [1.165, 1.54) is 0 Å². The Morgan fingerprint density at radius 1 is 1.23 bits per heavy atom. The van der Waals surface area contributed by atoms with Crippen molar-refractivity contribution in [2.75, 3.05) is 26.7 Å². The number of aryl methyl sites for hydroxylation is 1. The number of imidazole rings is 1. The van der Waals surface area contributed by atoms with Crippen molar-refractivity contribution in [3.63, 3.8) is 0 Å². The number of nitrogens with one attached hydrogen (secondary N) is 2. The lowest BCUT2D eigenvalue weighted by atomic mass is 9.95. The number of benzene rings is 1. The lowest BCUT2D eigenvalue weighted by Crippen LogP contribution is -2.40. The van der Waals surface area contributed by atoms with Crippen molar-refractivity contribution in [1.29, 1.82) is 0 Å². The van der Waals surface area contributed by atoms with Crippen LogP contribution in [0.25, 0.3) is 11.0 Å². The highest BCUT2D eigenvalue weighted by Crippen LogP contribution is 2.26. The molecule has 1 aromatic carbocycles. The zero-order valence-corrected chi connectivity index (χ0v) is 17.7. The van der Waals surface area contributed by atoms with Gasteiger partial charge in [0.15, 0.2) is 0 Å². The number of hydrogen-bond donors (Lipinski definition) is 2. The van der Waals surface area contributed by atoms with Crippen LogP contribution in [0.1, 0.15) is 46.5 Å². The molecular weight excluding hydrogens is 396 g/mol. The number of likely N-dealkylation sites (tertiary alicyclic amines) is 1. The van der Waals surface area contributed by atoms with Gasteiger partial charge in [-0.05, 0) is 31.9 Å². The summed E-state index contributed by atoms with van der Waals surface area (Å²) in [7, 11) is 1.59. The maximum atomic E-state index is 12.5. The molecule has 4 rings (SSSR count). The Bertz CT molecular complexity index is 1050. The van der Waals surface area contributed by atoms with Crippen molar-refractivity contribution in [2.24, 2.45) is 0 Å². The van der Waals surface area contributed by atoms with Crippen LogP contribution < -0.4 is 5.32 Å². The van der Waals surface area contributed by atoms with Gasteiger partial charge in [0.05, 0.1) is 22.3 Å². The van der Waals surface area contributed by atoms with E-state index in [4.69, 9.17) is 4.74 Å². The normalized spacial score (nSPS) is 14.7. The van der Waals surface area contributed by atoms with E-state index in [0.717, 1.165) is 29.7 Å². The minimum atomic E-state index is -0.188. The number of carbonyl (C=O) groups is 2. The van der Waals surface area contributed by atoms with Crippen LogP contribution in [0.2, 0.25) is 0 Å². The molecule has 0 spiro atoms. The fourth-order valence-electron chi connectivity index (χ4n) is 3.83. The fraction of sp³-hybridized carbons (Fsp3) is 0.409. The van der Waals surface area contributed by atoms with Gasteiger partial charge < -0.3 is 19.9 Å². The number of ether oxygens (including phenoxy) is 1. The van der Waals surface area contributed by atoms with Gasteiger partial charge in [-0.15, -0.1) is 0 Å². The topological polar surface area (TPSA) is 113 Å². The molecule has 1 fully saturated rings. The van der Waals surface area contributed by atoms with E-state index >= 15 is 0 Å². The second-order valence-electron chi connectivity index (χ2n) is 7.65. The molecule has 0 unspecified atom stereocenters. The molecule has 2 aromatic heterocycles. The van der Waals surface area contributed by atoms with Crippen molar-refractivity contribution in [2.45, 2.75) is 32.3 Å². The third-order valence-electron chi connectivity index (χ3n) is 5.59. The van der Waals surface area contributed by atoms with Crippen LogP contribution in [0.15, 0.2) is 30.5 Å². The number of para-hydroxylation sites is 2. The van der Waals surface area contributed by atoms with Gasteiger partial charge in [-0.3, -0.25) is 9.59 Å². The molecule has 9 nitrogen and oxygen atoms in total. The van der Waals surface area contributed by atoms with Crippen LogP contribution in [0.4, 0.5) is 0 Å². The summed E-state index contributed by atoms with van der Waals surface area (Å²) in [6, 6.07) is 7.77. The van der Waals surface area contributed by atoms with Crippen LogP contribution in [0.3, 0.4) is 0 Å². The lowest BCUT2D eigenvalue weighted by Gasteiger charge is -2.31. The smallest absolute Gasteiger partial charge is 0.254 e. The molecule has 1 saturated heterocycles. The first-order valence-electron chi connectivity index (χ1n) is 10.4. The van der Waals surface area contributed by atoms with Crippen LogP contribution in [0.5, 0.6) is 0 Å². The van der Waals surface area contributed by atoms with Gasteiger partial charge in [-0.2, -0.15) is 0 Å². The van der Waals surface area contributed by atoms with Gasteiger partial charge in [0.2, 0.25) is 5.91 Å². The molecule has 2 N–H and O–H groups in total. The summed E-state index contributed by atoms with van der Waals surface area (Å²) >= 11 is 0. The Morgan fingerprint density at radius 3 is 2.71 bits per heavy atom. The molecule has 0 atom stereocenters. The molecule has 2 amide bonds. The van der Waals surface area contributed by atoms with Crippen molar-refractivity contribution in [3.8, 4) is 0 Å². The number of amides is 2. The highest BCUT2D eigenvalue weighted by atomic mass is 16.5. The molecule has 1 aliphatic heterocycles. The van der Waals surface area contributed by atoms with E-state index in [1.807, 2.05) is 36.1 Å². The minimum absolute atomic E-state index is 0.0259. The summed E-state index contributed by atoms with van der Waals surface area (Å²) < 4.78 is 5.59. The highest BCUT2D eigenvalue weighted by Gasteiger charge is 2.26. The Labute approximate surface area is 180 Å². The van der Waals surface area contributed by atoms with Gasteiger partial charge in [-0.1, -0.05) is 12.1 Å². The Hall–Kier alpha value is -3.33. The second kappa shape index (κ2) is 9.22. The van der Waals surface area contributed by atoms with Crippen molar-refractivity contribution in [3.05, 3.63) is 53.4 Å². The minimum Gasteiger partial charge on any atom is -0.364 e. The van der Waals surface area contributed by atoms with Crippen LogP contribution >= 0.6 is 0 Å². The molecule has 0 bridgehead atoms. The van der Waals surface area contributed by atoms with Crippen molar-refractivity contribution < 1.29 is 14.3 Å². The van der Waals surface area contributed by atoms with E-state index < -0.39 is 0 Å². The van der Waals surface area contributed by atoms with E-state index in [-0.39, 0.29) is 30.9 Å². The molecule has 9 heteroatoms. The van der Waals surface area contributed by atoms with Crippen molar-refractivity contribution in [1.82, 2.24) is 30.2 Å². The summed E-state index contributed by atoms with van der Waals surface area (Å²) in [6.07, 6.45) is 3.15. The number of aromatic amines is 1. The van der Waals surface area contributed by atoms with Crippen LogP contribution in [-0.4, -0.2) is 63.4 Å². The number of nitrogens with zero attached hydrogens (tertiary/aromatic N) is 4. The second-order valence-corrected chi connectivity index (χ2v) is 7.65. The number of H-pyrrole nitrogens is 1. The fourth-order valence-corrected chi connectivity index (χ4v) is 3.83. The number of piperidine rings is 1. The number of fused-ring (bicyclic) bond motifs is 1. The predicted molar refractivity (Wildman–Crippen MR) is 114 cm³/mol. The largest absolute Gasteiger partial charge is 0.364 e. The molecule has 0 saturated carbocycles. The SMILES string of the molecule is CNC(=O)c1cnc(C2CCN(C(=O)COCc3nc4ccccc4[nH]3)CC2)nc1C. The number of aromatic nitrogens is 4. The number of carbonyl (C=O) groups excluding carboxylic acids is 2. The summed E-state index contributed by atoms with van der Waals surface area (Å²) in [4.78, 5) is 42.7.